The molecule has 0 aliphatic rings. The van der Waals surface area contributed by atoms with E-state index in [9.17, 15) is 0 Å². The molecule has 0 aliphatic carbocycles. The number of nitrogen functional groups attached to an aromatic ring is 2. The van der Waals surface area contributed by atoms with E-state index in [1.807, 2.05) is 54.6 Å². The Morgan fingerprint density at radius 1 is 0.625 bits per heavy atom. The van der Waals surface area contributed by atoms with Crippen LogP contribution in [0.2, 0.25) is 0 Å². The van der Waals surface area contributed by atoms with Gasteiger partial charge in [0.2, 0.25) is 0 Å². The molecule has 1 aromatic heterocycles. The first-order valence-electron chi connectivity index (χ1n) is 7.62. The average molecular weight is 321 g/mol. The maximum absolute atomic E-state index is 5.86. The van der Waals surface area contributed by atoms with Crippen molar-refractivity contribution in [3.8, 4) is 11.5 Å². The van der Waals surface area contributed by atoms with Crippen LogP contribution in [0.5, 0.6) is 11.5 Å². The maximum Gasteiger partial charge on any atom is 0.142 e. The molecule has 2 aromatic carbocycles. The van der Waals surface area contributed by atoms with Gasteiger partial charge in [0, 0.05) is 0 Å². The number of para-hydroxylation sites is 4. The molecule has 1 heterocycles. The minimum atomic E-state index is 0.343. The molecule has 3 aromatic rings. The van der Waals surface area contributed by atoms with Gasteiger partial charge in [0.1, 0.15) is 24.7 Å². The molecule has 3 rings (SSSR count). The summed E-state index contributed by atoms with van der Waals surface area (Å²) < 4.78 is 11.4. The van der Waals surface area contributed by atoms with Gasteiger partial charge in [-0.3, -0.25) is 4.98 Å². The molecule has 0 unspecified atom stereocenters. The zero-order chi connectivity index (χ0) is 16.8. The normalized spacial score (nSPS) is 10.3. The van der Waals surface area contributed by atoms with Gasteiger partial charge in [0.25, 0.3) is 0 Å². The van der Waals surface area contributed by atoms with Crippen LogP contribution in [0.3, 0.4) is 0 Å². The van der Waals surface area contributed by atoms with Crippen molar-refractivity contribution >= 4 is 11.4 Å². The average Bonchev–Trinajstić information content (AvgIpc) is 2.61. The monoisotopic (exact) mass is 321 g/mol. The van der Waals surface area contributed by atoms with E-state index in [0.717, 1.165) is 11.4 Å². The minimum Gasteiger partial charge on any atom is -0.485 e. The summed E-state index contributed by atoms with van der Waals surface area (Å²) in [4.78, 5) is 4.53. The number of ether oxygens (including phenoxy) is 2. The highest BCUT2D eigenvalue weighted by Crippen LogP contribution is 2.22. The summed E-state index contributed by atoms with van der Waals surface area (Å²) in [5.41, 5.74) is 14.6. The Kier molecular flexibility index (Phi) is 4.81. The number of rotatable bonds is 6. The third-order valence-electron chi connectivity index (χ3n) is 3.45. The third-order valence-corrected chi connectivity index (χ3v) is 3.45. The quantitative estimate of drug-likeness (QED) is 0.680. The van der Waals surface area contributed by atoms with E-state index in [2.05, 4.69) is 4.98 Å². The van der Waals surface area contributed by atoms with Crippen LogP contribution in [0.1, 0.15) is 11.4 Å². The molecule has 0 amide bonds. The summed E-state index contributed by atoms with van der Waals surface area (Å²) in [7, 11) is 0. The van der Waals surface area contributed by atoms with E-state index in [1.54, 1.807) is 12.1 Å². The molecule has 0 bridgehead atoms. The fourth-order valence-electron chi connectivity index (χ4n) is 2.22. The number of nitrogens with zero attached hydrogens (tertiary/aromatic N) is 1. The van der Waals surface area contributed by atoms with E-state index in [4.69, 9.17) is 20.9 Å². The Bertz CT molecular complexity index is 756. The van der Waals surface area contributed by atoms with Gasteiger partial charge in [-0.2, -0.15) is 0 Å². The summed E-state index contributed by atoms with van der Waals surface area (Å²) in [6.45, 7) is 0.686. The SMILES string of the molecule is Nc1ccccc1OCc1cccc(COc2ccccc2N)n1. The van der Waals surface area contributed by atoms with Crippen LogP contribution in [0.25, 0.3) is 0 Å². The van der Waals surface area contributed by atoms with E-state index < -0.39 is 0 Å². The Balaban J connectivity index is 1.62. The second kappa shape index (κ2) is 7.37. The van der Waals surface area contributed by atoms with E-state index in [0.29, 0.717) is 36.1 Å². The van der Waals surface area contributed by atoms with Crippen LogP contribution in [0, 0.1) is 0 Å². The van der Waals surface area contributed by atoms with Crippen molar-refractivity contribution in [3.05, 3.63) is 78.1 Å². The Hall–Kier alpha value is -3.21. The fraction of sp³-hybridized carbons (Fsp3) is 0.105. The number of aromatic nitrogens is 1. The molecule has 5 nitrogen and oxygen atoms in total. The first kappa shape index (κ1) is 15.7. The van der Waals surface area contributed by atoms with Gasteiger partial charge in [-0.15, -0.1) is 0 Å². The second-order valence-electron chi connectivity index (χ2n) is 5.27. The summed E-state index contributed by atoms with van der Waals surface area (Å²) in [6.07, 6.45) is 0. The lowest BCUT2D eigenvalue weighted by atomic mass is 10.3. The molecule has 0 atom stereocenters. The first-order valence-corrected chi connectivity index (χ1v) is 7.62. The van der Waals surface area contributed by atoms with E-state index in [-0.39, 0.29) is 0 Å². The number of nitrogens with two attached hydrogens (primary N) is 2. The van der Waals surface area contributed by atoms with E-state index >= 15 is 0 Å². The summed E-state index contributed by atoms with van der Waals surface area (Å²) in [5, 5.41) is 0. The topological polar surface area (TPSA) is 83.4 Å². The number of hydrogen-bond donors (Lipinski definition) is 2. The highest BCUT2D eigenvalue weighted by atomic mass is 16.5. The summed E-state index contributed by atoms with van der Waals surface area (Å²) >= 11 is 0. The van der Waals surface area contributed by atoms with Gasteiger partial charge in [-0.25, -0.2) is 0 Å². The van der Waals surface area contributed by atoms with E-state index in [1.165, 1.54) is 0 Å². The fourth-order valence-corrected chi connectivity index (χ4v) is 2.22. The van der Waals surface area contributed by atoms with Crippen molar-refractivity contribution in [2.75, 3.05) is 11.5 Å². The molecule has 0 spiro atoms. The predicted molar refractivity (Wildman–Crippen MR) is 94.6 cm³/mol. The van der Waals surface area contributed by atoms with Crippen molar-refractivity contribution in [1.82, 2.24) is 4.98 Å². The first-order chi connectivity index (χ1) is 11.7. The maximum atomic E-state index is 5.86. The van der Waals surface area contributed by atoms with Crippen molar-refractivity contribution < 1.29 is 9.47 Å². The van der Waals surface area contributed by atoms with Gasteiger partial charge in [0.05, 0.1) is 22.8 Å². The Morgan fingerprint density at radius 2 is 1.08 bits per heavy atom. The summed E-state index contributed by atoms with van der Waals surface area (Å²) in [6, 6.07) is 20.5. The number of pyridine rings is 1. The van der Waals surface area contributed by atoms with Crippen LogP contribution in [0.4, 0.5) is 11.4 Å². The van der Waals surface area contributed by atoms with Gasteiger partial charge in [0.15, 0.2) is 0 Å². The highest BCUT2D eigenvalue weighted by Gasteiger charge is 2.04. The molecular weight excluding hydrogens is 302 g/mol. The second-order valence-corrected chi connectivity index (χ2v) is 5.27. The molecule has 0 saturated heterocycles. The van der Waals surface area contributed by atoms with Crippen molar-refractivity contribution in [3.63, 3.8) is 0 Å². The van der Waals surface area contributed by atoms with Crippen molar-refractivity contribution in [2.45, 2.75) is 13.2 Å². The molecule has 0 radical (unpaired) electrons. The zero-order valence-electron chi connectivity index (χ0n) is 13.2. The number of anilines is 2. The van der Waals surface area contributed by atoms with Gasteiger partial charge >= 0.3 is 0 Å². The lowest BCUT2D eigenvalue weighted by Gasteiger charge is -2.10. The summed E-state index contributed by atoms with van der Waals surface area (Å²) in [5.74, 6) is 1.30. The largest absolute Gasteiger partial charge is 0.485 e. The molecule has 4 N–H and O–H groups in total. The minimum absolute atomic E-state index is 0.343. The molecular formula is C19H19N3O2. The van der Waals surface area contributed by atoms with Gasteiger partial charge in [-0.05, 0) is 36.4 Å². The molecule has 0 aliphatic heterocycles. The smallest absolute Gasteiger partial charge is 0.142 e. The molecule has 5 heteroatoms. The molecule has 24 heavy (non-hydrogen) atoms. The van der Waals surface area contributed by atoms with Crippen LogP contribution in [-0.4, -0.2) is 4.98 Å². The highest BCUT2D eigenvalue weighted by molar-refractivity contribution is 5.52. The standard InChI is InChI=1S/C19H19N3O2/c20-16-8-1-3-10-18(16)23-12-14-6-5-7-15(22-14)13-24-19-11-4-2-9-17(19)21/h1-11H,12-13,20-21H2. The van der Waals surface area contributed by atoms with Crippen LogP contribution in [0.15, 0.2) is 66.7 Å². The number of benzene rings is 2. The zero-order valence-corrected chi connectivity index (χ0v) is 13.2. The van der Waals surface area contributed by atoms with Gasteiger partial charge in [-0.1, -0.05) is 30.3 Å². The van der Waals surface area contributed by atoms with Crippen molar-refractivity contribution in [1.29, 1.82) is 0 Å². The lowest BCUT2D eigenvalue weighted by molar-refractivity contribution is 0.292. The lowest BCUT2D eigenvalue weighted by Crippen LogP contribution is -2.05. The molecule has 0 fully saturated rings. The molecule has 122 valence electrons. The Morgan fingerprint density at radius 3 is 1.54 bits per heavy atom. The van der Waals surface area contributed by atoms with Crippen LogP contribution in [-0.2, 0) is 13.2 Å². The van der Waals surface area contributed by atoms with Crippen LogP contribution >= 0.6 is 0 Å². The third kappa shape index (κ3) is 3.95. The predicted octanol–water partition coefficient (Wildman–Crippen LogP) is 3.40. The Labute approximate surface area is 140 Å². The molecule has 0 saturated carbocycles. The number of hydrogen-bond acceptors (Lipinski definition) is 5. The van der Waals surface area contributed by atoms with Crippen molar-refractivity contribution in [2.24, 2.45) is 0 Å². The van der Waals surface area contributed by atoms with Gasteiger partial charge < -0.3 is 20.9 Å². The van der Waals surface area contributed by atoms with Crippen LogP contribution < -0.4 is 20.9 Å².